The van der Waals surface area contributed by atoms with Crippen molar-refractivity contribution in [3.63, 3.8) is 0 Å². The highest BCUT2D eigenvalue weighted by atomic mass is 19.1. The third-order valence-electron chi connectivity index (χ3n) is 6.36. The van der Waals surface area contributed by atoms with Gasteiger partial charge in [0.2, 0.25) is 0 Å². The maximum Gasteiger partial charge on any atom is 0.255 e. The fourth-order valence-electron chi connectivity index (χ4n) is 4.68. The summed E-state index contributed by atoms with van der Waals surface area (Å²) in [6, 6.07) is 14.0. The van der Waals surface area contributed by atoms with Gasteiger partial charge in [0, 0.05) is 23.0 Å². The van der Waals surface area contributed by atoms with Crippen LogP contribution in [0.4, 0.5) is 4.39 Å². The molecule has 1 amide bonds. The van der Waals surface area contributed by atoms with Crippen molar-refractivity contribution in [2.24, 2.45) is 5.92 Å². The van der Waals surface area contributed by atoms with E-state index >= 15 is 0 Å². The smallest absolute Gasteiger partial charge is 0.255 e. The molecule has 158 valence electrons. The zero-order valence-corrected chi connectivity index (χ0v) is 17.3. The minimum Gasteiger partial charge on any atom is -0.394 e. The van der Waals surface area contributed by atoms with Crippen molar-refractivity contribution in [2.45, 2.75) is 50.1 Å². The van der Waals surface area contributed by atoms with Gasteiger partial charge in [-0.05, 0) is 48.7 Å². The molecule has 1 aliphatic carbocycles. The normalized spacial score (nSPS) is 23.3. The number of nitriles is 1. The number of nitrogens with zero attached hydrogens (tertiary/aromatic N) is 2. The van der Waals surface area contributed by atoms with Crippen molar-refractivity contribution in [1.29, 1.82) is 5.26 Å². The lowest BCUT2D eigenvalue weighted by atomic mass is 9.75. The predicted molar refractivity (Wildman–Crippen MR) is 115 cm³/mol. The topological polar surface area (TPSA) is 64.3 Å². The van der Waals surface area contributed by atoms with Crippen molar-refractivity contribution < 1.29 is 14.3 Å². The monoisotopic (exact) mass is 416 g/mol. The third kappa shape index (κ3) is 4.33. The molecule has 1 saturated carbocycles. The quantitative estimate of drug-likeness (QED) is 0.761. The van der Waals surface area contributed by atoms with Crippen molar-refractivity contribution in [3.8, 4) is 17.9 Å². The Bertz CT molecular complexity index is 1040. The van der Waals surface area contributed by atoms with Crippen LogP contribution in [0.2, 0.25) is 0 Å². The molecular weight excluding hydrogens is 391 g/mol. The van der Waals surface area contributed by atoms with E-state index < -0.39 is 23.8 Å². The maximum absolute atomic E-state index is 13.5. The van der Waals surface area contributed by atoms with Gasteiger partial charge in [0.05, 0.1) is 18.7 Å². The van der Waals surface area contributed by atoms with Gasteiger partial charge in [0.1, 0.15) is 11.9 Å². The highest BCUT2D eigenvalue weighted by Gasteiger charge is 2.51. The van der Waals surface area contributed by atoms with Crippen LogP contribution in [0.5, 0.6) is 0 Å². The Kier molecular flexibility index (Phi) is 6.35. The van der Waals surface area contributed by atoms with Crippen molar-refractivity contribution >= 4 is 5.91 Å². The van der Waals surface area contributed by atoms with E-state index in [4.69, 9.17) is 0 Å². The number of carbonyl (C=O) groups is 1. The minimum absolute atomic E-state index is 0.172. The summed E-state index contributed by atoms with van der Waals surface area (Å²) in [7, 11) is 0. The van der Waals surface area contributed by atoms with Gasteiger partial charge in [0.25, 0.3) is 5.91 Å². The number of hydrogen-bond acceptors (Lipinski definition) is 3. The Hall–Kier alpha value is -3.15. The first kappa shape index (κ1) is 21.1. The van der Waals surface area contributed by atoms with Crippen LogP contribution in [0.1, 0.15) is 59.5 Å². The van der Waals surface area contributed by atoms with Gasteiger partial charge in [-0.15, -0.1) is 0 Å². The van der Waals surface area contributed by atoms with Crippen LogP contribution in [0.15, 0.2) is 48.5 Å². The van der Waals surface area contributed by atoms with Crippen LogP contribution in [0.25, 0.3) is 0 Å². The maximum atomic E-state index is 13.5. The highest BCUT2D eigenvalue weighted by molar-refractivity contribution is 5.95. The molecule has 2 aliphatic rings. The molecule has 1 N–H and O–H groups in total. The number of amides is 1. The summed E-state index contributed by atoms with van der Waals surface area (Å²) in [5.41, 5.74) is 1.98. The summed E-state index contributed by atoms with van der Waals surface area (Å²) in [5.74, 6) is 5.85. The fourth-order valence-corrected chi connectivity index (χ4v) is 4.68. The molecule has 2 aromatic carbocycles. The van der Waals surface area contributed by atoms with Gasteiger partial charge >= 0.3 is 0 Å². The predicted octanol–water partition coefficient (Wildman–Crippen LogP) is 4.25. The van der Waals surface area contributed by atoms with E-state index in [0.717, 1.165) is 17.2 Å². The van der Waals surface area contributed by atoms with Crippen LogP contribution in [-0.2, 0) is 0 Å². The van der Waals surface area contributed by atoms with E-state index in [1.807, 2.05) is 24.3 Å². The van der Waals surface area contributed by atoms with Gasteiger partial charge in [0.15, 0.2) is 0 Å². The van der Waals surface area contributed by atoms with Crippen LogP contribution in [-0.4, -0.2) is 34.6 Å². The Morgan fingerprint density at radius 3 is 2.52 bits per heavy atom. The molecule has 0 spiro atoms. The van der Waals surface area contributed by atoms with Gasteiger partial charge in [-0.1, -0.05) is 49.3 Å². The summed E-state index contributed by atoms with van der Waals surface area (Å²) in [5, 5.41) is 19.6. The number of aliphatic hydroxyl groups is 1. The number of aliphatic hydroxyl groups excluding tert-OH is 1. The van der Waals surface area contributed by atoms with E-state index in [1.165, 1.54) is 55.2 Å². The molecule has 3 atom stereocenters. The first-order valence-electron chi connectivity index (χ1n) is 10.8. The summed E-state index contributed by atoms with van der Waals surface area (Å²) in [4.78, 5) is 14.2. The summed E-state index contributed by atoms with van der Waals surface area (Å²) >= 11 is 0. The van der Waals surface area contributed by atoms with Crippen LogP contribution in [0.3, 0.4) is 0 Å². The second-order valence-electron chi connectivity index (χ2n) is 8.30. The number of rotatable bonds is 3. The standard InChI is InChI=1S/C26H25FN2O2/c27-22-8-4-7-21(15-22)26(31)29-23(16-28)25(24(29)17-30)20-13-11-19(12-14-20)10-9-18-5-2-1-3-6-18/h4,7-8,11-15,18,23-25,30H,1-3,5-6,17H2/t23-,24-,25+/m1/s1. The van der Waals surface area contributed by atoms with Crippen LogP contribution < -0.4 is 0 Å². The molecule has 4 nitrogen and oxygen atoms in total. The molecule has 0 aromatic heterocycles. The van der Waals surface area contributed by atoms with E-state index in [1.54, 1.807) is 0 Å². The molecule has 1 heterocycles. The van der Waals surface area contributed by atoms with Crippen molar-refractivity contribution in [2.75, 3.05) is 6.61 Å². The zero-order chi connectivity index (χ0) is 21.8. The molecule has 1 aliphatic heterocycles. The van der Waals surface area contributed by atoms with E-state index in [-0.39, 0.29) is 18.1 Å². The SMILES string of the molecule is N#C[C@@H]1[C@H](c2ccc(C#CC3CCCCC3)cc2)[C@@H](CO)N1C(=O)c1cccc(F)c1. The molecule has 2 fully saturated rings. The molecule has 31 heavy (non-hydrogen) atoms. The number of halogens is 1. The van der Waals surface area contributed by atoms with Crippen LogP contribution >= 0.6 is 0 Å². The first-order chi connectivity index (χ1) is 15.1. The Balaban J connectivity index is 1.51. The van der Waals surface area contributed by atoms with Crippen molar-refractivity contribution in [1.82, 2.24) is 4.90 Å². The lowest BCUT2D eigenvalue weighted by molar-refractivity contribution is -0.00588. The van der Waals surface area contributed by atoms with Crippen molar-refractivity contribution in [3.05, 3.63) is 71.0 Å². The lowest BCUT2D eigenvalue weighted by Gasteiger charge is -2.51. The Morgan fingerprint density at radius 1 is 1.13 bits per heavy atom. The lowest BCUT2D eigenvalue weighted by Crippen LogP contribution is -2.65. The van der Waals surface area contributed by atoms with Gasteiger partial charge < -0.3 is 10.0 Å². The van der Waals surface area contributed by atoms with Gasteiger partial charge in [-0.2, -0.15) is 5.26 Å². The molecule has 0 bridgehead atoms. The fraction of sp³-hybridized carbons (Fsp3) is 0.385. The van der Waals surface area contributed by atoms with Crippen LogP contribution in [0, 0.1) is 34.9 Å². The summed E-state index contributed by atoms with van der Waals surface area (Å²) in [6.07, 6.45) is 6.15. The summed E-state index contributed by atoms with van der Waals surface area (Å²) < 4.78 is 13.5. The molecule has 4 rings (SSSR count). The first-order valence-corrected chi connectivity index (χ1v) is 10.8. The van der Waals surface area contributed by atoms with E-state index in [2.05, 4.69) is 17.9 Å². The number of hydrogen-bond donors (Lipinski definition) is 1. The van der Waals surface area contributed by atoms with Gasteiger partial charge in [-0.25, -0.2) is 4.39 Å². The zero-order valence-electron chi connectivity index (χ0n) is 17.3. The Morgan fingerprint density at radius 2 is 1.87 bits per heavy atom. The Labute approximate surface area is 182 Å². The third-order valence-corrected chi connectivity index (χ3v) is 6.36. The van der Waals surface area contributed by atoms with E-state index in [9.17, 15) is 19.6 Å². The second kappa shape index (κ2) is 9.33. The summed E-state index contributed by atoms with van der Waals surface area (Å²) in [6.45, 7) is -0.271. The molecule has 2 aromatic rings. The largest absolute Gasteiger partial charge is 0.394 e. The number of carbonyl (C=O) groups excluding carboxylic acids is 1. The highest BCUT2D eigenvalue weighted by Crippen LogP contribution is 2.41. The molecule has 1 saturated heterocycles. The number of likely N-dealkylation sites (tertiary alicyclic amines) is 1. The average molecular weight is 416 g/mol. The minimum atomic E-state index is -0.716. The number of benzene rings is 2. The van der Waals surface area contributed by atoms with E-state index in [0.29, 0.717) is 5.92 Å². The molecular formula is C26H25FN2O2. The molecule has 0 unspecified atom stereocenters. The second-order valence-corrected chi connectivity index (χ2v) is 8.30. The average Bonchev–Trinajstić information content (AvgIpc) is 2.79. The molecule has 5 heteroatoms. The molecule has 0 radical (unpaired) electrons. The van der Waals surface area contributed by atoms with Gasteiger partial charge in [-0.3, -0.25) is 4.79 Å².